The number of fused-ring (bicyclic) bond motifs is 1. The van der Waals surface area contributed by atoms with E-state index in [0.717, 1.165) is 0 Å². The maximum atomic E-state index is 13.9. The minimum atomic E-state index is -1.89. The Morgan fingerprint density at radius 1 is 1.17 bits per heavy atom. The third-order valence-electron chi connectivity index (χ3n) is 5.83. The van der Waals surface area contributed by atoms with E-state index in [-0.39, 0.29) is 31.6 Å². The molecule has 2 aromatic rings. The molecular weight excluding hydrogens is 466 g/mol. The van der Waals surface area contributed by atoms with Crippen molar-refractivity contribution < 1.29 is 37.7 Å². The highest BCUT2D eigenvalue weighted by atomic mass is 19.1. The standard InChI is InChI=1S/C17H18FN3O4.C6H10FNO2/c1-17(18)7-10(21-16(17)23)8-25-15-11-6-13(24-2)12(14(19)22)5-9(11)3-4-20-15;1-6(7)2-4(3-9)8-5(6)10/h3-6,10H,7-8H2,1-2H3,(H2,19,22)(H,21,23);4,9H,2-3H2,1H3,(H,8,10)/t10-,17-;4-,6-/m00/s1. The normalized spacial score (nSPS) is 27.6. The number of halogens is 2. The predicted molar refractivity (Wildman–Crippen MR) is 122 cm³/mol. The zero-order valence-electron chi connectivity index (χ0n) is 19.6. The van der Waals surface area contributed by atoms with E-state index >= 15 is 0 Å². The van der Waals surface area contributed by atoms with Crippen LogP contribution in [0.3, 0.4) is 0 Å². The van der Waals surface area contributed by atoms with Gasteiger partial charge in [0.2, 0.25) is 5.88 Å². The van der Waals surface area contributed by atoms with E-state index in [9.17, 15) is 23.2 Å². The lowest BCUT2D eigenvalue weighted by Gasteiger charge is -2.14. The molecule has 0 unspecified atom stereocenters. The van der Waals surface area contributed by atoms with Gasteiger partial charge in [0.25, 0.3) is 17.7 Å². The average Bonchev–Trinajstić information content (AvgIpc) is 3.23. The first-order valence-electron chi connectivity index (χ1n) is 10.9. The smallest absolute Gasteiger partial charge is 0.257 e. The number of aliphatic hydroxyl groups excluding tert-OH is 1. The van der Waals surface area contributed by atoms with Gasteiger partial charge in [-0.25, -0.2) is 13.8 Å². The number of nitrogens with two attached hydrogens (primary N) is 1. The number of alkyl halides is 2. The van der Waals surface area contributed by atoms with Crippen LogP contribution in [0, 0.1) is 0 Å². The Morgan fingerprint density at radius 2 is 1.77 bits per heavy atom. The van der Waals surface area contributed by atoms with Crippen molar-refractivity contribution in [3.05, 3.63) is 30.0 Å². The molecule has 1 aromatic carbocycles. The Hall–Kier alpha value is -3.54. The second-order valence-corrected chi connectivity index (χ2v) is 8.89. The summed E-state index contributed by atoms with van der Waals surface area (Å²) in [6, 6.07) is 4.09. The van der Waals surface area contributed by atoms with Gasteiger partial charge in [0.05, 0.1) is 31.4 Å². The van der Waals surface area contributed by atoms with E-state index in [1.165, 1.54) is 27.2 Å². The highest BCUT2D eigenvalue weighted by Gasteiger charge is 2.44. The molecule has 0 saturated carbocycles. The summed E-state index contributed by atoms with van der Waals surface area (Å²) in [5.41, 5.74) is 1.94. The Morgan fingerprint density at radius 3 is 2.23 bits per heavy atom. The third kappa shape index (κ3) is 5.76. The van der Waals surface area contributed by atoms with E-state index in [2.05, 4.69) is 15.6 Å². The first-order valence-corrected chi connectivity index (χ1v) is 10.9. The van der Waals surface area contributed by atoms with Crippen molar-refractivity contribution in [2.45, 2.75) is 50.1 Å². The van der Waals surface area contributed by atoms with Crippen molar-refractivity contribution in [3.8, 4) is 11.6 Å². The molecule has 3 amide bonds. The quantitative estimate of drug-likeness (QED) is 0.466. The zero-order valence-corrected chi connectivity index (χ0v) is 19.6. The molecule has 2 aliphatic rings. The van der Waals surface area contributed by atoms with Crippen molar-refractivity contribution >= 4 is 28.5 Å². The molecule has 12 heteroatoms. The second kappa shape index (κ2) is 9.98. The van der Waals surface area contributed by atoms with E-state index < -0.39 is 41.1 Å². The summed E-state index contributed by atoms with van der Waals surface area (Å²) in [6.07, 6.45) is 1.63. The molecule has 10 nitrogen and oxygen atoms in total. The van der Waals surface area contributed by atoms with Crippen LogP contribution in [0.15, 0.2) is 24.4 Å². The Kier molecular flexibility index (Phi) is 7.44. The fourth-order valence-corrected chi connectivity index (χ4v) is 3.93. The number of carbonyl (C=O) groups is 3. The number of nitrogens with zero attached hydrogens (tertiary/aromatic N) is 1. The van der Waals surface area contributed by atoms with E-state index in [1.54, 1.807) is 18.2 Å². The number of methoxy groups -OCH3 is 1. The molecule has 4 atom stereocenters. The van der Waals surface area contributed by atoms with Gasteiger partial charge in [0.1, 0.15) is 12.4 Å². The number of hydrogen-bond donors (Lipinski definition) is 4. The molecule has 2 saturated heterocycles. The number of rotatable bonds is 6. The van der Waals surface area contributed by atoms with Crippen LogP contribution in [0.1, 0.15) is 37.0 Å². The van der Waals surface area contributed by atoms with E-state index in [1.807, 2.05) is 0 Å². The van der Waals surface area contributed by atoms with Crippen molar-refractivity contribution in [2.75, 3.05) is 20.3 Å². The van der Waals surface area contributed by atoms with Gasteiger partial charge in [-0.15, -0.1) is 0 Å². The Labute approximate surface area is 200 Å². The largest absolute Gasteiger partial charge is 0.496 e. The number of hydrogen-bond acceptors (Lipinski definition) is 7. The summed E-state index contributed by atoms with van der Waals surface area (Å²) in [6.45, 7) is 2.36. The molecule has 2 aliphatic heterocycles. The number of pyridine rings is 1. The van der Waals surface area contributed by atoms with Crippen molar-refractivity contribution in [3.63, 3.8) is 0 Å². The fourth-order valence-electron chi connectivity index (χ4n) is 3.93. The topological polar surface area (TPSA) is 153 Å². The van der Waals surface area contributed by atoms with Crippen molar-refractivity contribution in [1.82, 2.24) is 15.6 Å². The first kappa shape index (κ1) is 26.1. The van der Waals surface area contributed by atoms with Gasteiger partial charge >= 0.3 is 0 Å². The summed E-state index contributed by atoms with van der Waals surface area (Å²) >= 11 is 0. The Balaban J connectivity index is 0.000000287. The van der Waals surface area contributed by atoms with Gasteiger partial charge in [-0.3, -0.25) is 14.4 Å². The molecule has 2 fully saturated rings. The molecule has 0 radical (unpaired) electrons. The summed E-state index contributed by atoms with van der Waals surface area (Å²) in [5.74, 6) is -1.25. The maximum absolute atomic E-state index is 13.9. The van der Waals surface area contributed by atoms with Crippen LogP contribution in [0.25, 0.3) is 10.8 Å². The number of carbonyl (C=O) groups excluding carboxylic acids is 3. The van der Waals surface area contributed by atoms with Gasteiger partial charge in [-0.2, -0.15) is 0 Å². The summed E-state index contributed by atoms with van der Waals surface area (Å²) in [4.78, 5) is 37.9. The third-order valence-corrected chi connectivity index (χ3v) is 5.83. The lowest BCUT2D eigenvalue weighted by Crippen LogP contribution is -2.33. The van der Waals surface area contributed by atoms with Crippen LogP contribution in [-0.4, -0.2) is 71.6 Å². The lowest BCUT2D eigenvalue weighted by molar-refractivity contribution is -0.128. The molecule has 0 bridgehead atoms. The molecule has 0 spiro atoms. The second-order valence-electron chi connectivity index (χ2n) is 8.89. The van der Waals surface area contributed by atoms with Crippen LogP contribution in [-0.2, 0) is 9.59 Å². The summed E-state index contributed by atoms with van der Waals surface area (Å²) in [5, 5.41) is 14.7. The molecule has 0 aliphatic carbocycles. The molecule has 4 rings (SSSR count). The molecule has 190 valence electrons. The summed E-state index contributed by atoms with van der Waals surface area (Å²) < 4.78 is 37.7. The van der Waals surface area contributed by atoms with Gasteiger partial charge in [0, 0.05) is 24.4 Å². The number of aromatic nitrogens is 1. The fraction of sp³-hybridized carbons (Fsp3) is 0.478. The monoisotopic (exact) mass is 494 g/mol. The number of nitrogens with one attached hydrogen (secondary N) is 2. The number of primary amides is 1. The SMILES string of the molecule is COc1cc2c(OC[C@@H]3C[C@](C)(F)C(=O)N3)nccc2cc1C(N)=O.C[C@]1(F)C[C@@H](CO)NC1=O. The number of amides is 3. The van der Waals surface area contributed by atoms with E-state index in [4.69, 9.17) is 20.3 Å². The number of ether oxygens (including phenoxy) is 2. The summed E-state index contributed by atoms with van der Waals surface area (Å²) in [7, 11) is 1.43. The molecule has 5 N–H and O–H groups in total. The van der Waals surface area contributed by atoms with Crippen LogP contribution in [0.4, 0.5) is 8.78 Å². The maximum Gasteiger partial charge on any atom is 0.257 e. The van der Waals surface area contributed by atoms with Gasteiger partial charge < -0.3 is 30.9 Å². The highest BCUT2D eigenvalue weighted by Crippen LogP contribution is 2.31. The van der Waals surface area contributed by atoms with Gasteiger partial charge in [-0.05, 0) is 37.4 Å². The van der Waals surface area contributed by atoms with Crippen LogP contribution >= 0.6 is 0 Å². The van der Waals surface area contributed by atoms with Crippen molar-refractivity contribution in [1.29, 1.82) is 0 Å². The molecule has 3 heterocycles. The molecular formula is C23H28F2N4O6. The van der Waals surface area contributed by atoms with Crippen LogP contribution in [0.2, 0.25) is 0 Å². The average molecular weight is 494 g/mol. The highest BCUT2D eigenvalue weighted by molar-refractivity contribution is 6.01. The molecule has 1 aromatic heterocycles. The van der Waals surface area contributed by atoms with Gasteiger partial charge in [-0.1, -0.05) is 0 Å². The van der Waals surface area contributed by atoms with Crippen molar-refractivity contribution in [2.24, 2.45) is 5.73 Å². The Bertz CT molecular complexity index is 1140. The van der Waals surface area contributed by atoms with Gasteiger partial charge in [0.15, 0.2) is 11.3 Å². The van der Waals surface area contributed by atoms with E-state index in [0.29, 0.717) is 22.4 Å². The van der Waals surface area contributed by atoms with Crippen LogP contribution in [0.5, 0.6) is 11.6 Å². The minimum absolute atomic E-state index is 0.0335. The number of aliphatic hydroxyl groups is 1. The van der Waals surface area contributed by atoms with Crippen LogP contribution < -0.4 is 25.8 Å². The minimum Gasteiger partial charge on any atom is -0.496 e. The predicted octanol–water partition coefficient (Wildman–Crippen LogP) is 0.933. The first-order chi connectivity index (χ1) is 16.4. The zero-order chi connectivity index (χ0) is 26.0. The lowest BCUT2D eigenvalue weighted by atomic mass is 10.0. The molecule has 35 heavy (non-hydrogen) atoms. The number of benzene rings is 1.